The number of hydrogen-bond acceptors (Lipinski definition) is 5. The van der Waals surface area contributed by atoms with Gasteiger partial charge in [0.15, 0.2) is 17.2 Å². The molecule has 6 heteroatoms. The van der Waals surface area contributed by atoms with Crippen LogP contribution in [0.25, 0.3) is 11.0 Å². The molecule has 0 unspecified atom stereocenters. The maximum Gasteiger partial charge on any atom is 0.356 e. The van der Waals surface area contributed by atoms with Crippen LogP contribution < -0.4 is 9.47 Å². The predicted octanol–water partition coefficient (Wildman–Crippen LogP) is 1.10. The van der Waals surface area contributed by atoms with Gasteiger partial charge in [-0.15, -0.1) is 0 Å². The lowest BCUT2D eigenvalue weighted by Gasteiger charge is -2.18. The van der Waals surface area contributed by atoms with Gasteiger partial charge in [0.25, 0.3) is 0 Å². The smallest absolute Gasteiger partial charge is 0.356 e. The second kappa shape index (κ2) is 3.58. The fourth-order valence-electron chi connectivity index (χ4n) is 1.65. The molecule has 0 bridgehead atoms. The third-order valence-electron chi connectivity index (χ3n) is 2.43. The zero-order valence-corrected chi connectivity index (χ0v) is 8.71. The van der Waals surface area contributed by atoms with Crippen molar-refractivity contribution >= 4 is 17.0 Å². The Bertz CT molecular complexity index is 612. The van der Waals surface area contributed by atoms with E-state index in [1.165, 1.54) is 6.20 Å². The van der Waals surface area contributed by atoms with Gasteiger partial charge >= 0.3 is 5.97 Å². The molecule has 3 rings (SSSR count). The van der Waals surface area contributed by atoms with Crippen LogP contribution in [0, 0.1) is 0 Å². The first-order chi connectivity index (χ1) is 8.24. The quantitative estimate of drug-likeness (QED) is 0.792. The van der Waals surface area contributed by atoms with E-state index in [4.69, 9.17) is 14.6 Å². The van der Waals surface area contributed by atoms with E-state index in [2.05, 4.69) is 9.97 Å². The monoisotopic (exact) mass is 232 g/mol. The molecule has 0 amide bonds. The van der Waals surface area contributed by atoms with Gasteiger partial charge in [-0.2, -0.15) is 0 Å². The molecule has 1 aromatic carbocycles. The summed E-state index contributed by atoms with van der Waals surface area (Å²) in [6, 6.07) is 3.34. The van der Waals surface area contributed by atoms with Crippen molar-refractivity contribution in [3.05, 3.63) is 24.0 Å². The molecule has 17 heavy (non-hydrogen) atoms. The highest BCUT2D eigenvalue weighted by atomic mass is 16.6. The Morgan fingerprint density at radius 1 is 1.18 bits per heavy atom. The van der Waals surface area contributed by atoms with E-state index in [0.29, 0.717) is 35.7 Å². The van der Waals surface area contributed by atoms with Crippen LogP contribution in [0.15, 0.2) is 18.3 Å². The molecule has 1 aliphatic rings. The zero-order chi connectivity index (χ0) is 11.8. The minimum absolute atomic E-state index is 0.0887. The lowest BCUT2D eigenvalue weighted by Crippen LogP contribution is -2.15. The summed E-state index contributed by atoms with van der Waals surface area (Å²) in [7, 11) is 0. The Morgan fingerprint density at radius 2 is 1.82 bits per heavy atom. The molecule has 86 valence electrons. The number of rotatable bonds is 1. The van der Waals surface area contributed by atoms with Crippen LogP contribution >= 0.6 is 0 Å². The molecule has 2 aromatic rings. The Kier molecular flexibility index (Phi) is 2.07. The average Bonchev–Trinajstić information content (AvgIpc) is 2.35. The molecular weight excluding hydrogens is 224 g/mol. The first kappa shape index (κ1) is 9.83. The summed E-state index contributed by atoms with van der Waals surface area (Å²) in [5.41, 5.74) is 0.975. The molecular formula is C11H8N2O4. The number of carbonyl (C=O) groups is 1. The third-order valence-corrected chi connectivity index (χ3v) is 2.43. The highest BCUT2D eigenvalue weighted by Crippen LogP contribution is 2.33. The molecule has 1 aromatic heterocycles. The number of aromatic nitrogens is 2. The molecule has 6 nitrogen and oxygen atoms in total. The van der Waals surface area contributed by atoms with Crippen molar-refractivity contribution in [3.63, 3.8) is 0 Å². The minimum atomic E-state index is -1.10. The van der Waals surface area contributed by atoms with Gasteiger partial charge < -0.3 is 14.6 Å². The van der Waals surface area contributed by atoms with Crippen molar-refractivity contribution in [1.82, 2.24) is 9.97 Å². The van der Waals surface area contributed by atoms with Crippen molar-refractivity contribution in [2.75, 3.05) is 13.2 Å². The van der Waals surface area contributed by atoms with Gasteiger partial charge in [0.2, 0.25) is 0 Å². The summed E-state index contributed by atoms with van der Waals surface area (Å²) in [5, 5.41) is 8.82. The molecule has 0 radical (unpaired) electrons. The Morgan fingerprint density at radius 3 is 2.47 bits per heavy atom. The summed E-state index contributed by atoms with van der Waals surface area (Å²) in [4.78, 5) is 18.8. The molecule has 0 aliphatic carbocycles. The summed E-state index contributed by atoms with van der Waals surface area (Å²) >= 11 is 0. The maximum atomic E-state index is 10.8. The van der Waals surface area contributed by atoms with E-state index < -0.39 is 5.97 Å². The van der Waals surface area contributed by atoms with Crippen molar-refractivity contribution in [2.45, 2.75) is 0 Å². The first-order valence-electron chi connectivity index (χ1n) is 5.04. The Hall–Kier alpha value is -2.37. The van der Waals surface area contributed by atoms with E-state index in [-0.39, 0.29) is 5.69 Å². The lowest BCUT2D eigenvalue weighted by molar-refractivity contribution is 0.0690. The number of carboxylic acids is 1. The number of aromatic carboxylic acids is 1. The van der Waals surface area contributed by atoms with E-state index in [1.54, 1.807) is 12.1 Å². The number of ether oxygens (including phenoxy) is 2. The lowest BCUT2D eigenvalue weighted by atomic mass is 10.2. The Labute approximate surface area is 95.8 Å². The van der Waals surface area contributed by atoms with Crippen LogP contribution in [0.2, 0.25) is 0 Å². The molecule has 1 aliphatic heterocycles. The summed E-state index contributed by atoms with van der Waals surface area (Å²) in [6.45, 7) is 0.976. The van der Waals surface area contributed by atoms with Gasteiger partial charge in [-0.25, -0.2) is 9.78 Å². The average molecular weight is 232 g/mol. The molecule has 0 saturated heterocycles. The minimum Gasteiger partial charge on any atom is -0.486 e. The van der Waals surface area contributed by atoms with Crippen molar-refractivity contribution in [1.29, 1.82) is 0 Å². The van der Waals surface area contributed by atoms with Crippen molar-refractivity contribution in [2.24, 2.45) is 0 Å². The van der Waals surface area contributed by atoms with Crippen LogP contribution in [0.4, 0.5) is 0 Å². The SMILES string of the molecule is O=C(O)c1cnc2cc3c(cc2n1)OCCO3. The van der Waals surface area contributed by atoms with Crippen LogP contribution in [0.5, 0.6) is 11.5 Å². The number of carboxylic acid groups (broad SMARTS) is 1. The van der Waals surface area contributed by atoms with Gasteiger partial charge in [-0.3, -0.25) is 4.98 Å². The third kappa shape index (κ3) is 1.63. The second-order valence-corrected chi connectivity index (χ2v) is 3.54. The number of hydrogen-bond donors (Lipinski definition) is 1. The van der Waals surface area contributed by atoms with E-state index in [0.717, 1.165) is 0 Å². The second-order valence-electron chi connectivity index (χ2n) is 3.54. The molecule has 2 heterocycles. The first-order valence-corrected chi connectivity index (χ1v) is 5.04. The molecule has 1 N–H and O–H groups in total. The number of fused-ring (bicyclic) bond motifs is 2. The van der Waals surface area contributed by atoms with Crippen molar-refractivity contribution < 1.29 is 19.4 Å². The highest BCUT2D eigenvalue weighted by Gasteiger charge is 2.15. The normalized spacial score (nSPS) is 13.6. The predicted molar refractivity (Wildman–Crippen MR) is 57.5 cm³/mol. The number of benzene rings is 1. The largest absolute Gasteiger partial charge is 0.486 e. The summed E-state index contributed by atoms with van der Waals surface area (Å²) in [5.74, 6) is 0.0796. The standard InChI is InChI=1S/C11H8N2O4/c14-11(15)8-5-12-6-3-9-10(4-7(6)13-8)17-2-1-16-9/h3-5H,1-2H2,(H,14,15). The molecule has 0 saturated carbocycles. The van der Waals surface area contributed by atoms with Gasteiger partial charge in [0, 0.05) is 12.1 Å². The highest BCUT2D eigenvalue weighted by molar-refractivity contribution is 5.88. The molecule has 0 spiro atoms. The van der Waals surface area contributed by atoms with Gasteiger partial charge in [0.05, 0.1) is 17.2 Å². The summed E-state index contributed by atoms with van der Waals surface area (Å²) in [6.07, 6.45) is 1.22. The Balaban J connectivity index is 2.20. The van der Waals surface area contributed by atoms with Gasteiger partial charge in [-0.1, -0.05) is 0 Å². The summed E-state index contributed by atoms with van der Waals surface area (Å²) < 4.78 is 10.8. The van der Waals surface area contributed by atoms with Gasteiger partial charge in [-0.05, 0) is 0 Å². The van der Waals surface area contributed by atoms with Gasteiger partial charge in [0.1, 0.15) is 13.2 Å². The zero-order valence-electron chi connectivity index (χ0n) is 8.71. The van der Waals surface area contributed by atoms with E-state index in [9.17, 15) is 4.79 Å². The van der Waals surface area contributed by atoms with Crippen LogP contribution in [0.3, 0.4) is 0 Å². The molecule has 0 fully saturated rings. The van der Waals surface area contributed by atoms with Crippen LogP contribution in [-0.4, -0.2) is 34.3 Å². The van der Waals surface area contributed by atoms with E-state index in [1.807, 2.05) is 0 Å². The topological polar surface area (TPSA) is 81.5 Å². The number of nitrogens with zero attached hydrogens (tertiary/aromatic N) is 2. The fraction of sp³-hybridized carbons (Fsp3) is 0.182. The maximum absolute atomic E-state index is 10.8. The fourth-order valence-corrected chi connectivity index (χ4v) is 1.65. The molecule has 0 atom stereocenters. The van der Waals surface area contributed by atoms with Crippen molar-refractivity contribution in [3.8, 4) is 11.5 Å². The van der Waals surface area contributed by atoms with Crippen LogP contribution in [0.1, 0.15) is 10.5 Å². The van der Waals surface area contributed by atoms with Crippen LogP contribution in [-0.2, 0) is 0 Å². The van der Waals surface area contributed by atoms with E-state index >= 15 is 0 Å².